The van der Waals surface area contributed by atoms with Crippen molar-refractivity contribution in [2.24, 2.45) is 0 Å². The molecule has 4 nitrogen and oxygen atoms in total. The molecule has 118 valence electrons. The van der Waals surface area contributed by atoms with E-state index in [1.54, 1.807) is 4.31 Å². The molecule has 0 amide bonds. The van der Waals surface area contributed by atoms with Crippen molar-refractivity contribution in [3.05, 3.63) is 35.4 Å². The first kappa shape index (κ1) is 16.5. The second-order valence-electron chi connectivity index (χ2n) is 5.85. The maximum Gasteiger partial charge on any atom is 0.218 e. The largest absolute Gasteiger partial charge is 0.313 e. The number of sulfonamides is 1. The number of nitrogens with zero attached hydrogens (tertiary/aromatic N) is 1. The summed E-state index contributed by atoms with van der Waals surface area (Å²) in [5, 5.41) is 3.34. The van der Waals surface area contributed by atoms with Crippen LogP contribution in [0.25, 0.3) is 0 Å². The molecule has 0 radical (unpaired) electrons. The third kappa shape index (κ3) is 4.53. The van der Waals surface area contributed by atoms with Crippen LogP contribution in [-0.2, 0) is 22.3 Å². The standard InChI is InChI=1S/C16H26N2O2S/c1-3-10-17-12-15-6-8-16(9-7-15)13-21(19,20)18-11-4-5-14(18)2/h6-9,14,17H,3-5,10-13H2,1-2H3. The lowest BCUT2D eigenvalue weighted by Gasteiger charge is -2.20. The lowest BCUT2D eigenvalue weighted by atomic mass is 10.1. The Morgan fingerprint density at radius 1 is 1.24 bits per heavy atom. The Hall–Kier alpha value is -0.910. The summed E-state index contributed by atoms with van der Waals surface area (Å²) in [5.74, 6) is 0.111. The average Bonchev–Trinajstić information content (AvgIpc) is 2.88. The molecule has 0 bridgehead atoms. The van der Waals surface area contributed by atoms with Crippen LogP contribution in [0.2, 0.25) is 0 Å². The van der Waals surface area contributed by atoms with Crippen LogP contribution in [0, 0.1) is 0 Å². The molecular weight excluding hydrogens is 284 g/mol. The van der Waals surface area contributed by atoms with E-state index in [2.05, 4.69) is 12.2 Å². The quantitative estimate of drug-likeness (QED) is 0.787. The van der Waals surface area contributed by atoms with Crippen LogP contribution >= 0.6 is 0 Å². The van der Waals surface area contributed by atoms with E-state index in [9.17, 15) is 8.42 Å². The van der Waals surface area contributed by atoms with Gasteiger partial charge in [0.15, 0.2) is 0 Å². The van der Waals surface area contributed by atoms with Crippen LogP contribution in [0.15, 0.2) is 24.3 Å². The first-order valence-corrected chi connectivity index (χ1v) is 9.42. The van der Waals surface area contributed by atoms with Crippen molar-refractivity contribution in [2.75, 3.05) is 13.1 Å². The van der Waals surface area contributed by atoms with Gasteiger partial charge in [-0.1, -0.05) is 31.2 Å². The van der Waals surface area contributed by atoms with Crippen molar-refractivity contribution >= 4 is 10.0 Å². The van der Waals surface area contributed by atoms with Gasteiger partial charge >= 0.3 is 0 Å². The van der Waals surface area contributed by atoms with E-state index < -0.39 is 10.0 Å². The van der Waals surface area contributed by atoms with E-state index in [1.165, 1.54) is 5.56 Å². The van der Waals surface area contributed by atoms with Gasteiger partial charge in [0.1, 0.15) is 0 Å². The zero-order valence-electron chi connectivity index (χ0n) is 13.0. The summed E-state index contributed by atoms with van der Waals surface area (Å²) in [4.78, 5) is 0. The van der Waals surface area contributed by atoms with Crippen molar-refractivity contribution in [3.8, 4) is 0 Å². The van der Waals surface area contributed by atoms with E-state index in [1.807, 2.05) is 31.2 Å². The fraction of sp³-hybridized carbons (Fsp3) is 0.625. The maximum absolute atomic E-state index is 12.4. The molecule has 1 atom stereocenters. The molecule has 1 aromatic carbocycles. The van der Waals surface area contributed by atoms with Crippen molar-refractivity contribution in [3.63, 3.8) is 0 Å². The van der Waals surface area contributed by atoms with E-state index in [0.29, 0.717) is 6.54 Å². The molecule has 21 heavy (non-hydrogen) atoms. The molecule has 0 aliphatic carbocycles. The lowest BCUT2D eigenvalue weighted by Crippen LogP contribution is -2.34. The highest BCUT2D eigenvalue weighted by atomic mass is 32.2. The van der Waals surface area contributed by atoms with Gasteiger partial charge in [0.25, 0.3) is 0 Å². The third-order valence-electron chi connectivity index (χ3n) is 3.98. The Balaban J connectivity index is 1.96. The Bertz CT molecular complexity index is 540. The maximum atomic E-state index is 12.4. The topological polar surface area (TPSA) is 49.4 Å². The number of benzene rings is 1. The fourth-order valence-electron chi connectivity index (χ4n) is 2.78. The number of nitrogens with one attached hydrogen (secondary N) is 1. The minimum Gasteiger partial charge on any atom is -0.313 e. The molecule has 1 fully saturated rings. The third-order valence-corrected chi connectivity index (χ3v) is 5.93. The Morgan fingerprint density at radius 2 is 1.90 bits per heavy atom. The van der Waals surface area contributed by atoms with E-state index in [-0.39, 0.29) is 11.8 Å². The minimum atomic E-state index is -3.18. The SMILES string of the molecule is CCCNCc1ccc(CS(=O)(=O)N2CCCC2C)cc1. The van der Waals surface area contributed by atoms with Crippen LogP contribution in [0.5, 0.6) is 0 Å². The van der Waals surface area contributed by atoms with Crippen molar-refractivity contribution in [2.45, 2.75) is 51.4 Å². The highest BCUT2D eigenvalue weighted by Gasteiger charge is 2.31. The van der Waals surface area contributed by atoms with Gasteiger partial charge in [0.2, 0.25) is 10.0 Å². The van der Waals surface area contributed by atoms with E-state index >= 15 is 0 Å². The smallest absolute Gasteiger partial charge is 0.218 e. The zero-order valence-corrected chi connectivity index (χ0v) is 13.8. The highest BCUT2D eigenvalue weighted by molar-refractivity contribution is 7.88. The summed E-state index contributed by atoms with van der Waals surface area (Å²) < 4.78 is 26.5. The van der Waals surface area contributed by atoms with Crippen LogP contribution in [0.4, 0.5) is 0 Å². The number of hydrogen-bond acceptors (Lipinski definition) is 3. The molecule has 1 saturated heterocycles. The zero-order chi connectivity index (χ0) is 15.3. The predicted octanol–water partition coefficient (Wildman–Crippen LogP) is 2.50. The van der Waals surface area contributed by atoms with Crippen LogP contribution in [0.1, 0.15) is 44.2 Å². The molecule has 0 spiro atoms. The molecule has 1 unspecified atom stereocenters. The van der Waals surface area contributed by atoms with Crippen molar-refractivity contribution in [1.29, 1.82) is 0 Å². The van der Waals surface area contributed by atoms with Gasteiger partial charge in [0.05, 0.1) is 5.75 Å². The monoisotopic (exact) mass is 310 g/mol. The van der Waals surface area contributed by atoms with Gasteiger partial charge in [-0.05, 0) is 43.9 Å². The summed E-state index contributed by atoms with van der Waals surface area (Å²) in [6, 6.07) is 8.04. The van der Waals surface area contributed by atoms with Gasteiger partial charge in [-0.2, -0.15) is 4.31 Å². The molecule has 2 rings (SSSR count). The molecule has 0 saturated carbocycles. The van der Waals surface area contributed by atoms with Crippen LogP contribution in [0.3, 0.4) is 0 Å². The predicted molar refractivity (Wildman–Crippen MR) is 86.5 cm³/mol. The van der Waals surface area contributed by atoms with E-state index in [4.69, 9.17) is 0 Å². The second-order valence-corrected chi connectivity index (χ2v) is 7.77. The molecule has 1 aliphatic rings. The summed E-state index contributed by atoms with van der Waals surface area (Å²) in [6.07, 6.45) is 3.06. The molecule has 1 heterocycles. The Labute approximate surface area is 128 Å². The van der Waals surface area contributed by atoms with Crippen molar-refractivity contribution in [1.82, 2.24) is 9.62 Å². The van der Waals surface area contributed by atoms with Crippen LogP contribution in [-0.4, -0.2) is 31.9 Å². The van der Waals surface area contributed by atoms with Crippen LogP contribution < -0.4 is 5.32 Å². The number of hydrogen-bond donors (Lipinski definition) is 1. The second kappa shape index (κ2) is 7.38. The first-order chi connectivity index (χ1) is 10.0. The van der Waals surface area contributed by atoms with Gasteiger partial charge in [-0.15, -0.1) is 0 Å². The fourth-order valence-corrected chi connectivity index (χ4v) is 4.62. The van der Waals surface area contributed by atoms with Gasteiger partial charge in [0, 0.05) is 19.1 Å². The average molecular weight is 310 g/mol. The van der Waals surface area contributed by atoms with E-state index in [0.717, 1.165) is 37.9 Å². The summed E-state index contributed by atoms with van der Waals surface area (Å²) in [7, 11) is -3.18. The lowest BCUT2D eigenvalue weighted by molar-refractivity contribution is 0.407. The highest BCUT2D eigenvalue weighted by Crippen LogP contribution is 2.23. The molecule has 0 aromatic heterocycles. The molecular formula is C16H26N2O2S. The molecule has 1 aliphatic heterocycles. The molecule has 1 aromatic rings. The number of rotatable bonds is 7. The van der Waals surface area contributed by atoms with Gasteiger partial charge in [-0.3, -0.25) is 0 Å². The van der Waals surface area contributed by atoms with Gasteiger partial charge < -0.3 is 5.32 Å². The minimum absolute atomic E-state index is 0.111. The summed E-state index contributed by atoms with van der Waals surface area (Å²) in [6.45, 7) is 6.64. The molecule has 5 heteroatoms. The van der Waals surface area contributed by atoms with Crippen molar-refractivity contribution < 1.29 is 8.42 Å². The summed E-state index contributed by atoms with van der Waals surface area (Å²) >= 11 is 0. The summed E-state index contributed by atoms with van der Waals surface area (Å²) in [5.41, 5.74) is 2.06. The molecule has 1 N–H and O–H groups in total. The normalized spacial score (nSPS) is 20.0. The first-order valence-electron chi connectivity index (χ1n) is 7.81. The Kier molecular flexibility index (Phi) is 5.79. The van der Waals surface area contributed by atoms with Gasteiger partial charge in [-0.25, -0.2) is 8.42 Å². The Morgan fingerprint density at radius 3 is 2.48 bits per heavy atom.